The largest absolute Gasteiger partial charge is 0.488 e. The van der Waals surface area contributed by atoms with Gasteiger partial charge in [0, 0.05) is 43.7 Å². The Hall–Kier alpha value is -3.82. The van der Waals surface area contributed by atoms with Gasteiger partial charge in [-0.25, -0.2) is 14.0 Å². The fraction of sp³-hybridized carbons (Fsp3) is 0.500. The van der Waals surface area contributed by atoms with Crippen molar-refractivity contribution >= 4 is 18.1 Å². The van der Waals surface area contributed by atoms with Crippen molar-refractivity contribution in [3.05, 3.63) is 53.8 Å². The van der Waals surface area contributed by atoms with E-state index in [1.807, 2.05) is 34.6 Å². The highest BCUT2D eigenvalue weighted by Gasteiger charge is 2.35. The van der Waals surface area contributed by atoms with Gasteiger partial charge in [-0.05, 0) is 62.6 Å². The van der Waals surface area contributed by atoms with Crippen molar-refractivity contribution in [1.82, 2.24) is 14.7 Å². The van der Waals surface area contributed by atoms with Crippen molar-refractivity contribution in [2.24, 2.45) is 5.92 Å². The highest BCUT2D eigenvalue weighted by molar-refractivity contribution is 5.96. The van der Waals surface area contributed by atoms with E-state index in [1.54, 1.807) is 40.1 Å². The highest BCUT2D eigenvalue weighted by atomic mass is 19.1. The Morgan fingerprint density at radius 1 is 0.975 bits per heavy atom. The van der Waals surface area contributed by atoms with Crippen LogP contribution in [-0.2, 0) is 4.74 Å². The molecule has 2 heterocycles. The van der Waals surface area contributed by atoms with E-state index in [0.717, 1.165) is 0 Å². The maximum Gasteiger partial charge on any atom is 0.410 e. The first-order valence-corrected chi connectivity index (χ1v) is 13.7. The fourth-order valence-corrected chi connectivity index (χ4v) is 5.09. The highest BCUT2D eigenvalue weighted by Crippen LogP contribution is 2.34. The molecule has 0 spiro atoms. The number of likely N-dealkylation sites (tertiary alicyclic amines) is 1. The lowest BCUT2D eigenvalue weighted by Gasteiger charge is -2.42. The first-order valence-electron chi connectivity index (χ1n) is 13.7. The van der Waals surface area contributed by atoms with Crippen molar-refractivity contribution in [1.29, 1.82) is 0 Å². The molecule has 1 N–H and O–H groups in total. The number of carboxylic acid groups (broad SMARTS) is 1. The molecule has 2 aliphatic heterocycles. The number of piperazine rings is 1. The maximum absolute atomic E-state index is 13.7. The van der Waals surface area contributed by atoms with Gasteiger partial charge in [0.05, 0.1) is 12.6 Å². The van der Waals surface area contributed by atoms with Gasteiger partial charge in [-0.1, -0.05) is 26.0 Å². The number of benzene rings is 2. The minimum absolute atomic E-state index is 0.0561. The lowest BCUT2D eigenvalue weighted by Crippen LogP contribution is -2.58. The van der Waals surface area contributed by atoms with Crippen molar-refractivity contribution in [2.45, 2.75) is 58.8 Å². The Morgan fingerprint density at radius 3 is 2.30 bits per heavy atom. The lowest BCUT2D eigenvalue weighted by molar-refractivity contribution is 0.0275. The van der Waals surface area contributed by atoms with Gasteiger partial charge >= 0.3 is 12.2 Å². The number of carbonyl (C=O) groups is 3. The normalized spacial score (nSPS) is 19.6. The van der Waals surface area contributed by atoms with Crippen LogP contribution in [0.3, 0.4) is 0 Å². The van der Waals surface area contributed by atoms with Crippen LogP contribution in [0.1, 0.15) is 51.4 Å². The molecule has 2 saturated heterocycles. The minimum Gasteiger partial charge on any atom is -0.488 e. The van der Waals surface area contributed by atoms with Gasteiger partial charge in [0.1, 0.15) is 23.3 Å². The molecule has 0 aromatic heterocycles. The second-order valence-corrected chi connectivity index (χ2v) is 11.7. The summed E-state index contributed by atoms with van der Waals surface area (Å²) in [6, 6.07) is 10.9. The molecule has 2 fully saturated rings. The summed E-state index contributed by atoms with van der Waals surface area (Å²) < 4.78 is 25.6. The molecule has 4 rings (SSSR count). The fourth-order valence-electron chi connectivity index (χ4n) is 5.09. The van der Waals surface area contributed by atoms with E-state index in [0.29, 0.717) is 48.5 Å². The van der Waals surface area contributed by atoms with Crippen molar-refractivity contribution in [2.75, 3.05) is 32.7 Å². The molecule has 216 valence electrons. The van der Waals surface area contributed by atoms with Crippen LogP contribution in [0.2, 0.25) is 0 Å². The van der Waals surface area contributed by atoms with Crippen LogP contribution in [0.5, 0.6) is 5.75 Å². The third kappa shape index (κ3) is 6.84. The summed E-state index contributed by atoms with van der Waals surface area (Å²) in [5.41, 5.74) is 1.15. The summed E-state index contributed by atoms with van der Waals surface area (Å²) in [6.07, 6.45) is -1.04. The second kappa shape index (κ2) is 11.7. The standard InChI is InChI=1S/C30H38FN3O6/c1-19(2)25-18-32(28(36)37)14-15-34(25)27(35)21-8-11-26(24(16-21)20-6-9-22(31)10-7-20)39-23-12-13-33(17-23)29(38)40-30(3,4)5/h6-11,16,19,23,25H,12-15,17-18H2,1-5H3,(H,36,37). The van der Waals surface area contributed by atoms with E-state index in [4.69, 9.17) is 9.47 Å². The SMILES string of the molecule is CC(C)C1CN(C(=O)O)CCN1C(=O)c1ccc(OC2CCN(C(=O)OC(C)(C)C)C2)c(-c2ccc(F)cc2)c1. The van der Waals surface area contributed by atoms with Crippen molar-refractivity contribution < 1.29 is 33.4 Å². The first-order chi connectivity index (χ1) is 18.8. The Bertz CT molecular complexity index is 1240. The summed E-state index contributed by atoms with van der Waals surface area (Å²) in [5, 5.41) is 9.46. The average Bonchev–Trinajstić information content (AvgIpc) is 3.36. The number of rotatable bonds is 5. The van der Waals surface area contributed by atoms with E-state index in [-0.39, 0.29) is 49.0 Å². The van der Waals surface area contributed by atoms with Gasteiger partial charge in [0.15, 0.2) is 0 Å². The van der Waals surface area contributed by atoms with Crippen LogP contribution in [-0.4, -0.2) is 88.4 Å². The summed E-state index contributed by atoms with van der Waals surface area (Å²) in [5.74, 6) is 0.00445. The van der Waals surface area contributed by atoms with E-state index >= 15 is 0 Å². The molecule has 0 aliphatic carbocycles. The molecule has 40 heavy (non-hydrogen) atoms. The van der Waals surface area contributed by atoms with Crippen LogP contribution in [0, 0.1) is 11.7 Å². The molecule has 0 radical (unpaired) electrons. The van der Waals surface area contributed by atoms with Crippen LogP contribution in [0.25, 0.3) is 11.1 Å². The molecule has 2 unspecified atom stereocenters. The molecule has 0 saturated carbocycles. The Morgan fingerprint density at radius 2 is 1.68 bits per heavy atom. The van der Waals surface area contributed by atoms with Gasteiger partial charge < -0.3 is 29.3 Å². The summed E-state index contributed by atoms with van der Waals surface area (Å²) in [7, 11) is 0. The van der Waals surface area contributed by atoms with Crippen molar-refractivity contribution in [3.63, 3.8) is 0 Å². The number of amides is 3. The zero-order valence-electron chi connectivity index (χ0n) is 23.7. The molecule has 2 aromatic rings. The average molecular weight is 556 g/mol. The number of nitrogens with zero attached hydrogens (tertiary/aromatic N) is 3. The predicted molar refractivity (Wildman–Crippen MR) is 148 cm³/mol. The van der Waals surface area contributed by atoms with Gasteiger partial charge in [-0.15, -0.1) is 0 Å². The van der Waals surface area contributed by atoms with E-state index in [9.17, 15) is 23.9 Å². The zero-order valence-corrected chi connectivity index (χ0v) is 23.7. The molecule has 9 nitrogen and oxygen atoms in total. The first kappa shape index (κ1) is 29.2. The molecule has 0 bridgehead atoms. The van der Waals surface area contributed by atoms with Crippen LogP contribution >= 0.6 is 0 Å². The van der Waals surface area contributed by atoms with Crippen molar-refractivity contribution in [3.8, 4) is 16.9 Å². The summed E-state index contributed by atoms with van der Waals surface area (Å²) in [4.78, 5) is 42.5. The third-order valence-electron chi connectivity index (χ3n) is 7.19. The number of halogens is 1. The quantitative estimate of drug-likeness (QED) is 0.535. The van der Waals surface area contributed by atoms with Crippen LogP contribution in [0.15, 0.2) is 42.5 Å². The molecule has 2 atom stereocenters. The van der Waals surface area contributed by atoms with Gasteiger partial charge in [-0.2, -0.15) is 0 Å². The summed E-state index contributed by atoms with van der Waals surface area (Å²) in [6.45, 7) is 11.1. The Balaban J connectivity index is 1.58. The number of hydrogen-bond donors (Lipinski definition) is 1. The topological polar surface area (TPSA) is 99.6 Å². The number of hydrogen-bond acceptors (Lipinski definition) is 5. The van der Waals surface area contributed by atoms with E-state index < -0.39 is 11.7 Å². The molecule has 3 amide bonds. The third-order valence-corrected chi connectivity index (χ3v) is 7.19. The van der Waals surface area contributed by atoms with E-state index in [1.165, 1.54) is 17.0 Å². The minimum atomic E-state index is -0.991. The van der Waals surface area contributed by atoms with E-state index in [2.05, 4.69) is 0 Å². The Labute approximate surface area is 234 Å². The Kier molecular flexibility index (Phi) is 8.56. The van der Waals surface area contributed by atoms with Crippen LogP contribution < -0.4 is 4.74 Å². The summed E-state index contributed by atoms with van der Waals surface area (Å²) >= 11 is 0. The monoisotopic (exact) mass is 555 g/mol. The van der Waals surface area contributed by atoms with Gasteiger partial charge in [0.25, 0.3) is 5.91 Å². The molecular formula is C30H38FN3O6. The predicted octanol–water partition coefficient (Wildman–Crippen LogP) is 5.34. The van der Waals surface area contributed by atoms with Gasteiger partial charge in [0.2, 0.25) is 0 Å². The molecule has 10 heteroatoms. The van der Waals surface area contributed by atoms with Crippen LogP contribution in [0.4, 0.5) is 14.0 Å². The van der Waals surface area contributed by atoms with Gasteiger partial charge in [-0.3, -0.25) is 4.79 Å². The smallest absolute Gasteiger partial charge is 0.410 e. The molecule has 2 aliphatic rings. The lowest BCUT2D eigenvalue weighted by atomic mass is 9.97. The molecule has 2 aromatic carbocycles. The number of carbonyl (C=O) groups excluding carboxylic acids is 2. The maximum atomic E-state index is 13.7. The molecular weight excluding hydrogens is 517 g/mol. The number of ether oxygens (including phenoxy) is 2. The zero-order chi connectivity index (χ0) is 29.2. The second-order valence-electron chi connectivity index (χ2n) is 11.7.